The van der Waals surface area contributed by atoms with Crippen LogP contribution in [0.25, 0.3) is 0 Å². The van der Waals surface area contributed by atoms with E-state index >= 15 is 0 Å². The van der Waals surface area contributed by atoms with E-state index in [0.29, 0.717) is 0 Å². The van der Waals surface area contributed by atoms with E-state index in [0.717, 1.165) is 25.9 Å². The molecule has 1 saturated heterocycles. The minimum absolute atomic E-state index is 0.145. The second kappa shape index (κ2) is 6.59. The summed E-state index contributed by atoms with van der Waals surface area (Å²) in [6.45, 7) is 1.82. The van der Waals surface area contributed by atoms with Crippen molar-refractivity contribution in [2.45, 2.75) is 18.9 Å². The van der Waals surface area contributed by atoms with Gasteiger partial charge in [-0.2, -0.15) is 0 Å². The summed E-state index contributed by atoms with van der Waals surface area (Å²) in [5.41, 5.74) is 8.50. The largest absolute Gasteiger partial charge is 0.352 e. The first-order valence-electron chi connectivity index (χ1n) is 4.54. The highest BCUT2D eigenvalue weighted by Gasteiger charge is 2.15. The van der Waals surface area contributed by atoms with Crippen LogP contribution >= 0.6 is 0 Å². The summed E-state index contributed by atoms with van der Waals surface area (Å²) in [7, 11) is -3.00. The van der Waals surface area contributed by atoms with Gasteiger partial charge in [-0.1, -0.05) is 0 Å². The van der Waals surface area contributed by atoms with Gasteiger partial charge in [0.25, 0.3) is 0 Å². The van der Waals surface area contributed by atoms with Gasteiger partial charge in [0.1, 0.15) is 0 Å². The Bertz CT molecular complexity index is 281. The Labute approximate surface area is 89.6 Å². The molecule has 0 unspecified atom stereocenters. The smallest absolute Gasteiger partial charge is 0.309 e. The number of nitrogens with one attached hydrogen (secondary N) is 2. The van der Waals surface area contributed by atoms with Gasteiger partial charge in [-0.15, -0.1) is 0 Å². The fraction of sp³-hybridized carbons (Fsp3) is 0.857. The van der Waals surface area contributed by atoms with Gasteiger partial charge in [-0.05, 0) is 25.9 Å². The third-order valence-corrected chi connectivity index (χ3v) is 2.48. The van der Waals surface area contributed by atoms with Gasteiger partial charge < -0.3 is 16.8 Å². The van der Waals surface area contributed by atoms with Crippen LogP contribution in [0, 0.1) is 0 Å². The van der Waals surface area contributed by atoms with Crippen LogP contribution in [0.15, 0.2) is 0 Å². The van der Waals surface area contributed by atoms with Gasteiger partial charge >= 0.3 is 6.03 Å². The second-order valence-electron chi connectivity index (χ2n) is 3.32. The molecule has 2 amide bonds. The van der Waals surface area contributed by atoms with Gasteiger partial charge in [0.15, 0.2) is 0 Å². The zero-order chi connectivity index (χ0) is 11.9. The molecule has 1 rings (SSSR count). The Balaban J connectivity index is 0.000000423. The van der Waals surface area contributed by atoms with E-state index < -0.39 is 16.1 Å². The third-order valence-electron chi connectivity index (χ3n) is 1.72. The topological polar surface area (TPSA) is 127 Å². The Morgan fingerprint density at radius 2 is 1.73 bits per heavy atom. The normalized spacial score (nSPS) is 17.7. The highest BCUT2D eigenvalue weighted by molar-refractivity contribution is 7.88. The van der Waals surface area contributed by atoms with Gasteiger partial charge in [-0.25, -0.2) is 17.9 Å². The van der Waals surface area contributed by atoms with Gasteiger partial charge in [0.05, 0.1) is 6.26 Å². The molecule has 1 fully saturated rings. The summed E-state index contributed by atoms with van der Waals surface area (Å²) < 4.78 is 24.1. The van der Waals surface area contributed by atoms with Crippen molar-refractivity contribution >= 4 is 16.1 Å². The molecule has 0 aromatic carbocycles. The molecule has 0 aliphatic carbocycles. The van der Waals surface area contributed by atoms with Crippen LogP contribution in [0.4, 0.5) is 4.79 Å². The SMILES string of the molecule is CS(=O)(=O)NC1CCNCC1.NC(N)=O. The fourth-order valence-electron chi connectivity index (χ4n) is 1.24. The number of primary amides is 2. The van der Waals surface area contributed by atoms with Crippen LogP contribution in [0.2, 0.25) is 0 Å². The Kier molecular flexibility index (Phi) is 6.21. The molecule has 1 heterocycles. The number of rotatable bonds is 2. The molecule has 15 heavy (non-hydrogen) atoms. The van der Waals surface area contributed by atoms with Gasteiger partial charge in [0.2, 0.25) is 10.0 Å². The quantitative estimate of drug-likeness (QED) is 0.457. The number of urea groups is 1. The maximum atomic E-state index is 10.8. The zero-order valence-corrected chi connectivity index (χ0v) is 9.51. The summed E-state index contributed by atoms with van der Waals surface area (Å²) in [6, 6.07) is -0.689. The molecule has 0 aromatic rings. The van der Waals surface area contributed by atoms with Crippen molar-refractivity contribution in [3.8, 4) is 0 Å². The van der Waals surface area contributed by atoms with Crippen molar-refractivity contribution in [3.05, 3.63) is 0 Å². The number of sulfonamides is 1. The number of hydrogen-bond donors (Lipinski definition) is 4. The number of hydrogen-bond acceptors (Lipinski definition) is 4. The average Bonchev–Trinajstić information content (AvgIpc) is 2.01. The molecule has 6 N–H and O–H groups in total. The lowest BCUT2D eigenvalue weighted by Crippen LogP contribution is -2.42. The lowest BCUT2D eigenvalue weighted by Gasteiger charge is -2.22. The van der Waals surface area contributed by atoms with E-state index in [1.54, 1.807) is 0 Å². The Morgan fingerprint density at radius 3 is 2.07 bits per heavy atom. The molecule has 0 saturated carbocycles. The second-order valence-corrected chi connectivity index (χ2v) is 5.10. The minimum atomic E-state index is -3.00. The molecule has 90 valence electrons. The van der Waals surface area contributed by atoms with E-state index in [9.17, 15) is 8.42 Å². The van der Waals surface area contributed by atoms with Crippen LogP contribution in [0.5, 0.6) is 0 Å². The molecular weight excluding hydrogens is 220 g/mol. The van der Waals surface area contributed by atoms with Crippen molar-refractivity contribution in [3.63, 3.8) is 0 Å². The van der Waals surface area contributed by atoms with Crippen LogP contribution < -0.4 is 21.5 Å². The fourth-order valence-corrected chi connectivity index (χ4v) is 2.08. The summed E-state index contributed by atoms with van der Waals surface area (Å²) in [4.78, 5) is 9.00. The number of carbonyl (C=O) groups is 1. The van der Waals surface area contributed by atoms with Crippen molar-refractivity contribution in [2.24, 2.45) is 11.5 Å². The van der Waals surface area contributed by atoms with Crippen LogP contribution in [-0.2, 0) is 10.0 Å². The van der Waals surface area contributed by atoms with E-state index in [4.69, 9.17) is 4.79 Å². The highest BCUT2D eigenvalue weighted by Crippen LogP contribution is 2.02. The van der Waals surface area contributed by atoms with E-state index in [1.165, 1.54) is 6.26 Å². The first-order chi connectivity index (χ1) is 6.81. The summed E-state index contributed by atoms with van der Waals surface area (Å²) in [5.74, 6) is 0. The number of amides is 2. The lowest BCUT2D eigenvalue weighted by molar-refractivity contribution is 0.256. The molecular formula is C7H18N4O3S. The highest BCUT2D eigenvalue weighted by atomic mass is 32.2. The predicted octanol–water partition coefficient (Wildman–Crippen LogP) is -1.69. The molecule has 7 nitrogen and oxygen atoms in total. The minimum Gasteiger partial charge on any atom is -0.352 e. The summed E-state index contributed by atoms with van der Waals surface area (Å²) in [6.07, 6.45) is 3.00. The molecule has 0 radical (unpaired) electrons. The van der Waals surface area contributed by atoms with Crippen molar-refractivity contribution in [1.29, 1.82) is 0 Å². The number of carbonyl (C=O) groups excluding carboxylic acids is 1. The molecule has 1 aliphatic rings. The summed E-state index contributed by atoms with van der Waals surface area (Å²) in [5, 5.41) is 3.17. The lowest BCUT2D eigenvalue weighted by atomic mass is 10.1. The third kappa shape index (κ3) is 11.1. The standard InChI is InChI=1S/C6H14N2O2S.CH4N2O/c1-11(9,10)8-6-2-4-7-5-3-6;2-1(3)4/h6-8H,2-5H2,1H3;(H4,2,3,4). The van der Waals surface area contributed by atoms with E-state index in [2.05, 4.69) is 21.5 Å². The maximum absolute atomic E-state index is 10.8. The van der Waals surface area contributed by atoms with Crippen molar-refractivity contribution in [1.82, 2.24) is 10.0 Å². The average molecular weight is 238 g/mol. The van der Waals surface area contributed by atoms with Crippen molar-refractivity contribution in [2.75, 3.05) is 19.3 Å². The van der Waals surface area contributed by atoms with Gasteiger partial charge in [-0.3, -0.25) is 0 Å². The predicted molar refractivity (Wildman–Crippen MR) is 57.6 cm³/mol. The van der Waals surface area contributed by atoms with Crippen molar-refractivity contribution < 1.29 is 13.2 Å². The number of nitrogens with two attached hydrogens (primary N) is 2. The van der Waals surface area contributed by atoms with E-state index in [-0.39, 0.29) is 6.04 Å². The maximum Gasteiger partial charge on any atom is 0.309 e. The van der Waals surface area contributed by atoms with E-state index in [1.807, 2.05) is 0 Å². The van der Waals surface area contributed by atoms with Crippen LogP contribution in [0.3, 0.4) is 0 Å². The van der Waals surface area contributed by atoms with Gasteiger partial charge in [0, 0.05) is 6.04 Å². The first kappa shape index (κ1) is 14.1. The molecule has 0 spiro atoms. The van der Waals surface area contributed by atoms with Crippen LogP contribution in [-0.4, -0.2) is 39.8 Å². The molecule has 0 aromatic heterocycles. The Morgan fingerprint density at radius 1 is 1.33 bits per heavy atom. The molecule has 0 bridgehead atoms. The monoisotopic (exact) mass is 238 g/mol. The molecule has 8 heteroatoms. The summed E-state index contributed by atoms with van der Waals surface area (Å²) >= 11 is 0. The zero-order valence-electron chi connectivity index (χ0n) is 8.69. The van der Waals surface area contributed by atoms with Crippen LogP contribution in [0.1, 0.15) is 12.8 Å². The first-order valence-corrected chi connectivity index (χ1v) is 6.43. The number of piperidine rings is 1. The molecule has 0 atom stereocenters. The Hall–Kier alpha value is -0.860. The molecule has 1 aliphatic heterocycles.